The second-order valence-electron chi connectivity index (χ2n) is 9.26. The van der Waals surface area contributed by atoms with Crippen LogP contribution >= 0.6 is 0 Å². The molecule has 1 aliphatic heterocycles. The molecule has 0 bridgehead atoms. The SMILES string of the molecule is CCOc1ccc(CCC2CCN(C(=O)CCc3c(C)nc4cc(C)nn4c3C)CC2)cc1. The number of amides is 1. The summed E-state index contributed by atoms with van der Waals surface area (Å²) in [7, 11) is 0. The number of hydrogen-bond acceptors (Lipinski definition) is 4. The fraction of sp³-hybridized carbons (Fsp3) is 0.519. The zero-order valence-corrected chi connectivity index (χ0v) is 20.4. The van der Waals surface area contributed by atoms with Crippen LogP contribution in [0, 0.1) is 26.7 Å². The number of hydrogen-bond donors (Lipinski definition) is 0. The summed E-state index contributed by atoms with van der Waals surface area (Å²) in [4.78, 5) is 19.6. The first-order valence-corrected chi connectivity index (χ1v) is 12.3. The van der Waals surface area contributed by atoms with Gasteiger partial charge < -0.3 is 9.64 Å². The Balaban J connectivity index is 1.24. The van der Waals surface area contributed by atoms with Crippen LogP contribution in [0.2, 0.25) is 0 Å². The highest BCUT2D eigenvalue weighted by Crippen LogP contribution is 2.24. The molecule has 1 aromatic carbocycles. The van der Waals surface area contributed by atoms with E-state index in [1.807, 2.05) is 31.4 Å². The Morgan fingerprint density at radius 2 is 1.82 bits per heavy atom. The van der Waals surface area contributed by atoms with Gasteiger partial charge in [-0.15, -0.1) is 0 Å². The molecule has 176 valence electrons. The van der Waals surface area contributed by atoms with Crippen LogP contribution in [0.3, 0.4) is 0 Å². The Hall–Kier alpha value is -2.89. The van der Waals surface area contributed by atoms with E-state index in [4.69, 9.17) is 4.74 Å². The summed E-state index contributed by atoms with van der Waals surface area (Å²) < 4.78 is 7.43. The van der Waals surface area contributed by atoms with Crippen molar-refractivity contribution in [1.82, 2.24) is 19.5 Å². The molecule has 0 spiro atoms. The molecule has 4 rings (SSSR count). The van der Waals surface area contributed by atoms with Gasteiger partial charge in [-0.2, -0.15) is 5.10 Å². The molecule has 33 heavy (non-hydrogen) atoms. The van der Waals surface area contributed by atoms with Gasteiger partial charge in [-0.1, -0.05) is 12.1 Å². The Kier molecular flexibility index (Phi) is 7.31. The molecule has 3 aromatic rings. The number of aromatic nitrogens is 3. The quantitative estimate of drug-likeness (QED) is 0.494. The van der Waals surface area contributed by atoms with Crippen LogP contribution in [0.15, 0.2) is 30.3 Å². The highest BCUT2D eigenvalue weighted by Gasteiger charge is 2.23. The predicted molar refractivity (Wildman–Crippen MR) is 131 cm³/mol. The summed E-state index contributed by atoms with van der Waals surface area (Å²) in [6.45, 7) is 10.5. The molecule has 6 heteroatoms. The summed E-state index contributed by atoms with van der Waals surface area (Å²) >= 11 is 0. The largest absolute Gasteiger partial charge is 0.494 e. The van der Waals surface area contributed by atoms with Crippen LogP contribution < -0.4 is 4.74 Å². The minimum absolute atomic E-state index is 0.260. The topological polar surface area (TPSA) is 59.7 Å². The number of fused-ring (bicyclic) bond motifs is 1. The first-order valence-electron chi connectivity index (χ1n) is 12.3. The van der Waals surface area contributed by atoms with E-state index in [-0.39, 0.29) is 5.91 Å². The fourth-order valence-electron chi connectivity index (χ4n) is 4.95. The molecule has 0 unspecified atom stereocenters. The van der Waals surface area contributed by atoms with Crippen molar-refractivity contribution >= 4 is 11.6 Å². The van der Waals surface area contributed by atoms with Gasteiger partial charge in [-0.05, 0) is 89.0 Å². The van der Waals surface area contributed by atoms with Gasteiger partial charge in [0.1, 0.15) is 5.75 Å². The number of carbonyl (C=O) groups is 1. The van der Waals surface area contributed by atoms with Crippen molar-refractivity contribution in [3.8, 4) is 5.75 Å². The second-order valence-corrected chi connectivity index (χ2v) is 9.26. The molecule has 0 saturated carbocycles. The molecule has 0 aliphatic carbocycles. The molecule has 0 N–H and O–H groups in total. The molecule has 6 nitrogen and oxygen atoms in total. The van der Waals surface area contributed by atoms with Gasteiger partial charge in [-0.3, -0.25) is 4.79 Å². The van der Waals surface area contributed by atoms with E-state index >= 15 is 0 Å². The monoisotopic (exact) mass is 448 g/mol. The highest BCUT2D eigenvalue weighted by atomic mass is 16.5. The van der Waals surface area contributed by atoms with Crippen LogP contribution in [0.5, 0.6) is 5.75 Å². The Morgan fingerprint density at radius 1 is 1.09 bits per heavy atom. The molecular formula is C27H36N4O2. The lowest BCUT2D eigenvalue weighted by Crippen LogP contribution is -2.38. The van der Waals surface area contributed by atoms with E-state index in [0.717, 1.165) is 72.8 Å². The van der Waals surface area contributed by atoms with Crippen LogP contribution in [-0.2, 0) is 17.6 Å². The summed E-state index contributed by atoms with van der Waals surface area (Å²) in [5.41, 5.74) is 6.44. The van der Waals surface area contributed by atoms with Gasteiger partial charge >= 0.3 is 0 Å². The minimum atomic E-state index is 0.260. The van der Waals surface area contributed by atoms with Gasteiger partial charge in [0, 0.05) is 37.0 Å². The summed E-state index contributed by atoms with van der Waals surface area (Å²) in [5, 5.41) is 4.54. The molecular weight excluding hydrogens is 412 g/mol. The van der Waals surface area contributed by atoms with Crippen LogP contribution in [-0.4, -0.2) is 45.1 Å². The lowest BCUT2D eigenvalue weighted by atomic mass is 9.90. The second kappa shape index (κ2) is 10.4. The molecule has 0 radical (unpaired) electrons. The lowest BCUT2D eigenvalue weighted by molar-refractivity contribution is -0.132. The maximum atomic E-state index is 12.9. The van der Waals surface area contributed by atoms with Crippen LogP contribution in [0.25, 0.3) is 5.65 Å². The smallest absolute Gasteiger partial charge is 0.222 e. The summed E-state index contributed by atoms with van der Waals surface area (Å²) in [6.07, 6.45) is 5.72. The number of carbonyl (C=O) groups excluding carboxylic acids is 1. The molecule has 3 heterocycles. The Morgan fingerprint density at radius 3 is 2.52 bits per heavy atom. The molecule has 0 atom stereocenters. The van der Waals surface area contributed by atoms with E-state index < -0.39 is 0 Å². The first kappa shape index (κ1) is 23.3. The number of ether oxygens (including phenoxy) is 1. The van der Waals surface area contributed by atoms with Crippen molar-refractivity contribution in [2.24, 2.45) is 5.92 Å². The third-order valence-electron chi connectivity index (χ3n) is 6.92. The van der Waals surface area contributed by atoms with Crippen molar-refractivity contribution in [2.75, 3.05) is 19.7 Å². The number of piperidine rings is 1. The van der Waals surface area contributed by atoms with Crippen molar-refractivity contribution in [3.63, 3.8) is 0 Å². The lowest BCUT2D eigenvalue weighted by Gasteiger charge is -2.32. The average Bonchev–Trinajstić information content (AvgIpc) is 3.19. The predicted octanol–water partition coefficient (Wildman–Crippen LogP) is 4.86. The van der Waals surface area contributed by atoms with E-state index in [1.165, 1.54) is 12.0 Å². The molecule has 1 saturated heterocycles. The maximum Gasteiger partial charge on any atom is 0.222 e. The minimum Gasteiger partial charge on any atom is -0.494 e. The van der Waals surface area contributed by atoms with E-state index in [1.54, 1.807) is 0 Å². The normalized spacial score (nSPS) is 14.7. The van der Waals surface area contributed by atoms with Gasteiger partial charge in [-0.25, -0.2) is 9.50 Å². The van der Waals surface area contributed by atoms with Gasteiger partial charge in [0.15, 0.2) is 5.65 Å². The number of aryl methyl sites for hydroxylation is 4. The number of rotatable bonds is 8. The molecule has 2 aromatic heterocycles. The van der Waals surface area contributed by atoms with Crippen molar-refractivity contribution < 1.29 is 9.53 Å². The maximum absolute atomic E-state index is 12.9. The van der Waals surface area contributed by atoms with Crippen LogP contribution in [0.1, 0.15) is 60.8 Å². The molecule has 1 aliphatic rings. The first-order chi connectivity index (χ1) is 15.9. The van der Waals surface area contributed by atoms with Gasteiger partial charge in [0.2, 0.25) is 5.91 Å². The van der Waals surface area contributed by atoms with Crippen molar-refractivity contribution in [2.45, 2.75) is 66.2 Å². The highest BCUT2D eigenvalue weighted by molar-refractivity contribution is 5.76. The number of likely N-dealkylation sites (tertiary alicyclic amines) is 1. The average molecular weight is 449 g/mol. The fourth-order valence-corrected chi connectivity index (χ4v) is 4.95. The summed E-state index contributed by atoms with van der Waals surface area (Å²) in [6, 6.07) is 10.5. The van der Waals surface area contributed by atoms with Crippen LogP contribution in [0.4, 0.5) is 0 Å². The summed E-state index contributed by atoms with van der Waals surface area (Å²) in [5.74, 6) is 1.89. The third kappa shape index (κ3) is 5.55. The zero-order chi connectivity index (χ0) is 23.4. The van der Waals surface area contributed by atoms with Gasteiger partial charge in [0.05, 0.1) is 12.3 Å². The van der Waals surface area contributed by atoms with E-state index in [9.17, 15) is 4.79 Å². The third-order valence-corrected chi connectivity index (χ3v) is 6.92. The van der Waals surface area contributed by atoms with Gasteiger partial charge in [0.25, 0.3) is 0 Å². The molecule has 1 amide bonds. The number of benzene rings is 1. The Labute approximate surface area is 197 Å². The van der Waals surface area contributed by atoms with Crippen molar-refractivity contribution in [3.05, 3.63) is 58.5 Å². The standard InChI is InChI=1S/C27H36N4O2/c1-5-33-24-10-8-22(9-11-24)6-7-23-14-16-30(17-15-23)27(32)13-12-25-20(3)28-26-18-19(2)29-31(26)21(25)4/h8-11,18,23H,5-7,12-17H2,1-4H3. The van der Waals surface area contributed by atoms with E-state index in [2.05, 4.69) is 46.2 Å². The zero-order valence-electron chi connectivity index (χ0n) is 20.4. The number of nitrogens with zero attached hydrogens (tertiary/aromatic N) is 4. The van der Waals surface area contributed by atoms with E-state index in [0.29, 0.717) is 18.9 Å². The molecule has 1 fully saturated rings. The van der Waals surface area contributed by atoms with Crippen molar-refractivity contribution in [1.29, 1.82) is 0 Å². The Bertz CT molecular complexity index is 1100.